The average molecular weight is 300 g/mol. The van der Waals surface area contributed by atoms with Crippen molar-refractivity contribution in [3.05, 3.63) is 12.3 Å². The Balaban J connectivity index is 3.20. The van der Waals surface area contributed by atoms with Gasteiger partial charge in [0.2, 0.25) is 0 Å². The van der Waals surface area contributed by atoms with Crippen molar-refractivity contribution >= 4 is 18.1 Å². The maximum absolute atomic E-state index is 12.0. The van der Waals surface area contributed by atoms with Crippen LogP contribution in [0.1, 0.15) is 19.8 Å². The molecule has 0 saturated carbocycles. The molecular weight excluding hydrogens is 280 g/mol. The topological polar surface area (TPSA) is 116 Å². The second-order valence-electron chi connectivity index (χ2n) is 4.84. The van der Waals surface area contributed by atoms with Crippen LogP contribution in [0.4, 0.5) is 4.79 Å². The van der Waals surface area contributed by atoms with Gasteiger partial charge in [-0.1, -0.05) is 0 Å². The molecule has 0 aromatic rings. The zero-order valence-electron chi connectivity index (χ0n) is 12.0. The van der Waals surface area contributed by atoms with Crippen molar-refractivity contribution in [3.63, 3.8) is 0 Å². The standard InChI is InChI=1S/C13H20N2O6/c1-9(18)6-13(7-10(19)11(8-17)21-13)15(4-3-5-16)12(20)14-2/h3-5,10-11,17,19H,6-8H2,1-2H3,(H,14,20)/b4-3-/t10-,11+,13+/m0/s1. The predicted octanol–water partition coefficient (Wildman–Crippen LogP) is -0.842. The van der Waals surface area contributed by atoms with Crippen LogP contribution in [0.15, 0.2) is 12.3 Å². The van der Waals surface area contributed by atoms with Crippen LogP contribution >= 0.6 is 0 Å². The van der Waals surface area contributed by atoms with Crippen molar-refractivity contribution in [1.29, 1.82) is 0 Å². The summed E-state index contributed by atoms with van der Waals surface area (Å²) < 4.78 is 5.58. The Morgan fingerprint density at radius 3 is 2.62 bits per heavy atom. The first-order valence-electron chi connectivity index (χ1n) is 6.49. The Morgan fingerprint density at radius 2 is 2.19 bits per heavy atom. The molecule has 1 heterocycles. The molecule has 8 heteroatoms. The van der Waals surface area contributed by atoms with E-state index < -0.39 is 30.6 Å². The van der Waals surface area contributed by atoms with E-state index in [1.165, 1.54) is 20.2 Å². The van der Waals surface area contributed by atoms with E-state index >= 15 is 0 Å². The molecule has 1 aliphatic heterocycles. The highest BCUT2D eigenvalue weighted by atomic mass is 16.6. The van der Waals surface area contributed by atoms with Crippen LogP contribution in [0.25, 0.3) is 0 Å². The summed E-state index contributed by atoms with van der Waals surface area (Å²) in [7, 11) is 1.39. The Kier molecular flexibility index (Phi) is 6.01. The number of amides is 2. The van der Waals surface area contributed by atoms with E-state index in [2.05, 4.69) is 5.32 Å². The normalized spacial score (nSPS) is 28.6. The molecule has 3 N–H and O–H groups in total. The van der Waals surface area contributed by atoms with Gasteiger partial charge in [0.15, 0.2) is 5.72 Å². The molecule has 0 aromatic heterocycles. The molecular formula is C13H20N2O6. The third kappa shape index (κ3) is 3.87. The van der Waals surface area contributed by atoms with E-state index in [-0.39, 0.29) is 18.6 Å². The maximum atomic E-state index is 12.0. The van der Waals surface area contributed by atoms with Crippen molar-refractivity contribution in [2.24, 2.45) is 0 Å². The number of carbonyl (C=O) groups is 3. The number of urea groups is 1. The number of nitrogens with zero attached hydrogens (tertiary/aromatic N) is 1. The van der Waals surface area contributed by atoms with Crippen molar-refractivity contribution in [2.45, 2.75) is 37.7 Å². The van der Waals surface area contributed by atoms with Gasteiger partial charge in [0.05, 0.1) is 19.1 Å². The zero-order valence-corrected chi connectivity index (χ0v) is 12.0. The number of aliphatic hydroxyl groups is 2. The largest absolute Gasteiger partial charge is 0.394 e. The number of ketones is 1. The Morgan fingerprint density at radius 1 is 1.52 bits per heavy atom. The lowest BCUT2D eigenvalue weighted by Crippen LogP contribution is -2.53. The van der Waals surface area contributed by atoms with Gasteiger partial charge in [0, 0.05) is 19.7 Å². The number of carbonyl (C=O) groups excluding carboxylic acids is 3. The van der Waals surface area contributed by atoms with Gasteiger partial charge < -0.3 is 20.3 Å². The molecule has 0 aliphatic carbocycles. The fraction of sp³-hybridized carbons (Fsp3) is 0.615. The monoisotopic (exact) mass is 300 g/mol. The summed E-state index contributed by atoms with van der Waals surface area (Å²) in [5.41, 5.74) is -1.43. The predicted molar refractivity (Wildman–Crippen MR) is 72.1 cm³/mol. The first-order valence-corrected chi connectivity index (χ1v) is 6.49. The number of Topliss-reactive ketones (excluding diaryl/α,β-unsaturated/α-hetero) is 1. The highest BCUT2D eigenvalue weighted by molar-refractivity contribution is 5.80. The summed E-state index contributed by atoms with van der Waals surface area (Å²) in [5, 5.41) is 21.5. The molecule has 1 fully saturated rings. The Bertz CT molecular complexity index is 438. The van der Waals surface area contributed by atoms with Gasteiger partial charge in [-0.05, 0) is 13.0 Å². The van der Waals surface area contributed by atoms with Gasteiger partial charge in [-0.3, -0.25) is 14.5 Å². The second kappa shape index (κ2) is 7.30. The SMILES string of the molecule is CNC(=O)N(/C=C\C=O)[C@@]1(CC(C)=O)C[C@H](O)[C@@H](CO)O1. The van der Waals surface area contributed by atoms with Crippen molar-refractivity contribution in [2.75, 3.05) is 13.7 Å². The minimum absolute atomic E-state index is 0.0472. The smallest absolute Gasteiger partial charge is 0.323 e. The maximum Gasteiger partial charge on any atom is 0.323 e. The van der Waals surface area contributed by atoms with Crippen molar-refractivity contribution in [1.82, 2.24) is 10.2 Å². The van der Waals surface area contributed by atoms with E-state index in [9.17, 15) is 24.6 Å². The third-order valence-electron chi connectivity index (χ3n) is 3.22. The highest BCUT2D eigenvalue weighted by Crippen LogP contribution is 2.37. The quantitative estimate of drug-likeness (QED) is 0.435. The van der Waals surface area contributed by atoms with Gasteiger partial charge in [-0.15, -0.1) is 0 Å². The number of hydrogen-bond donors (Lipinski definition) is 3. The van der Waals surface area contributed by atoms with Gasteiger partial charge in [-0.25, -0.2) is 4.79 Å². The zero-order chi connectivity index (χ0) is 16.0. The van der Waals surface area contributed by atoms with E-state index in [0.717, 1.165) is 11.0 Å². The van der Waals surface area contributed by atoms with Crippen LogP contribution in [-0.2, 0) is 14.3 Å². The third-order valence-corrected chi connectivity index (χ3v) is 3.22. The molecule has 0 spiro atoms. The van der Waals surface area contributed by atoms with Crippen LogP contribution in [0, 0.1) is 0 Å². The number of aliphatic hydroxyl groups excluding tert-OH is 2. The molecule has 2 amide bonds. The Labute approximate surface area is 122 Å². The number of allylic oxidation sites excluding steroid dienone is 1. The van der Waals surface area contributed by atoms with E-state index in [0.29, 0.717) is 6.29 Å². The number of hydrogen-bond acceptors (Lipinski definition) is 6. The minimum atomic E-state index is -1.43. The molecule has 0 unspecified atom stereocenters. The fourth-order valence-corrected chi connectivity index (χ4v) is 2.40. The van der Waals surface area contributed by atoms with Crippen LogP contribution < -0.4 is 5.32 Å². The number of ether oxygens (including phenoxy) is 1. The summed E-state index contributed by atoms with van der Waals surface area (Å²) in [6.45, 7) is 0.884. The average Bonchev–Trinajstić information content (AvgIpc) is 2.74. The van der Waals surface area contributed by atoms with Gasteiger partial charge in [-0.2, -0.15) is 0 Å². The molecule has 1 rings (SSSR count). The lowest BCUT2D eigenvalue weighted by Gasteiger charge is -2.37. The summed E-state index contributed by atoms with van der Waals surface area (Å²) in [5.74, 6) is -0.255. The minimum Gasteiger partial charge on any atom is -0.394 e. The molecule has 21 heavy (non-hydrogen) atoms. The Hall–Kier alpha value is -1.77. The summed E-state index contributed by atoms with van der Waals surface area (Å²) >= 11 is 0. The summed E-state index contributed by atoms with van der Waals surface area (Å²) in [4.78, 5) is 35.1. The van der Waals surface area contributed by atoms with Crippen LogP contribution in [0.5, 0.6) is 0 Å². The van der Waals surface area contributed by atoms with E-state index in [4.69, 9.17) is 4.74 Å². The van der Waals surface area contributed by atoms with Crippen LogP contribution in [0.2, 0.25) is 0 Å². The van der Waals surface area contributed by atoms with Crippen molar-refractivity contribution in [3.8, 4) is 0 Å². The van der Waals surface area contributed by atoms with Crippen LogP contribution in [0.3, 0.4) is 0 Å². The number of nitrogens with one attached hydrogen (secondary N) is 1. The fourth-order valence-electron chi connectivity index (χ4n) is 2.40. The van der Waals surface area contributed by atoms with Crippen LogP contribution in [-0.4, -0.2) is 64.8 Å². The summed E-state index contributed by atoms with van der Waals surface area (Å²) in [6, 6.07) is -0.597. The second-order valence-corrected chi connectivity index (χ2v) is 4.84. The first-order chi connectivity index (χ1) is 9.90. The molecule has 1 aliphatic rings. The number of aldehydes is 1. The molecule has 118 valence electrons. The van der Waals surface area contributed by atoms with Gasteiger partial charge >= 0.3 is 6.03 Å². The highest BCUT2D eigenvalue weighted by Gasteiger charge is 2.51. The lowest BCUT2D eigenvalue weighted by molar-refractivity contribution is -0.144. The molecule has 0 bridgehead atoms. The molecule has 0 radical (unpaired) electrons. The molecule has 8 nitrogen and oxygen atoms in total. The van der Waals surface area contributed by atoms with Crippen molar-refractivity contribution < 1.29 is 29.3 Å². The van der Waals surface area contributed by atoms with E-state index in [1.807, 2.05) is 0 Å². The van der Waals surface area contributed by atoms with Gasteiger partial charge in [0.1, 0.15) is 18.2 Å². The van der Waals surface area contributed by atoms with E-state index in [1.54, 1.807) is 0 Å². The molecule has 3 atom stereocenters. The number of rotatable bonds is 6. The molecule has 1 saturated heterocycles. The molecule has 0 aromatic carbocycles. The lowest BCUT2D eigenvalue weighted by atomic mass is 9.99. The summed E-state index contributed by atoms with van der Waals surface area (Å²) in [6.07, 6.45) is 0.602. The van der Waals surface area contributed by atoms with Gasteiger partial charge in [0.25, 0.3) is 0 Å². The first kappa shape index (κ1) is 17.3.